The number of benzene rings is 1. The molecule has 0 aliphatic heterocycles. The highest BCUT2D eigenvalue weighted by atomic mass is 16.5. The van der Waals surface area contributed by atoms with Crippen LogP contribution in [0.2, 0.25) is 0 Å². The Morgan fingerprint density at radius 1 is 1.48 bits per heavy atom. The van der Waals surface area contributed by atoms with Crippen molar-refractivity contribution in [1.82, 2.24) is 5.43 Å². The summed E-state index contributed by atoms with van der Waals surface area (Å²) in [6.45, 7) is 0. The fraction of sp³-hybridized carbons (Fsp3) is 0.267. The van der Waals surface area contributed by atoms with Gasteiger partial charge in [0, 0.05) is 12.0 Å². The van der Waals surface area contributed by atoms with Crippen LogP contribution in [0.25, 0.3) is 0 Å². The van der Waals surface area contributed by atoms with Gasteiger partial charge in [-0.15, -0.1) is 0 Å². The molecule has 21 heavy (non-hydrogen) atoms. The predicted octanol–water partition coefficient (Wildman–Crippen LogP) is 0.893. The highest BCUT2D eigenvalue weighted by molar-refractivity contribution is 5.85. The highest BCUT2D eigenvalue weighted by Crippen LogP contribution is 2.31. The van der Waals surface area contributed by atoms with Crippen LogP contribution < -0.4 is 21.7 Å². The van der Waals surface area contributed by atoms with Crippen molar-refractivity contribution < 1.29 is 14.6 Å². The first-order valence-electron chi connectivity index (χ1n) is 6.56. The molecule has 0 aromatic heterocycles. The number of carboxylic acids is 1. The van der Waals surface area contributed by atoms with E-state index in [0.29, 0.717) is 5.75 Å². The van der Waals surface area contributed by atoms with E-state index < -0.39 is 11.7 Å². The number of nitrogens with two attached hydrogens (primary N) is 2. The van der Waals surface area contributed by atoms with Gasteiger partial charge in [-0.25, -0.2) is 10.6 Å². The first-order chi connectivity index (χ1) is 10.1. The molecule has 0 unspecified atom stereocenters. The van der Waals surface area contributed by atoms with E-state index in [4.69, 9.17) is 21.4 Å². The monoisotopic (exact) mass is 287 g/mol. The number of hydrogen-bond donors (Lipinski definition) is 4. The van der Waals surface area contributed by atoms with Gasteiger partial charge in [0.1, 0.15) is 5.75 Å². The molecule has 0 bridgehead atoms. The zero-order valence-corrected chi connectivity index (χ0v) is 11.4. The zero-order chi connectivity index (χ0) is 15.2. The molecule has 1 saturated carbocycles. The van der Waals surface area contributed by atoms with Crippen LogP contribution in [0.3, 0.4) is 0 Å². The number of nitrogens with one attached hydrogen (secondary N) is 1. The van der Waals surface area contributed by atoms with Gasteiger partial charge in [-0.1, -0.05) is 17.9 Å². The fourth-order valence-corrected chi connectivity index (χ4v) is 1.63. The standard InChI is InChI=1S/C15H17N3O3/c16-13(15(19)20)14(18-17)21-12-6-2-5-11(9-12)4-1-3-10-7-8-10/h2,5-6,9-10,18H,3,7-8,16-17H2,(H,19,20)/b14-13+. The molecule has 1 aliphatic rings. The molecule has 0 saturated heterocycles. The number of hydrazine groups is 1. The summed E-state index contributed by atoms with van der Waals surface area (Å²) in [6.07, 6.45) is 3.44. The van der Waals surface area contributed by atoms with Crippen molar-refractivity contribution in [3.8, 4) is 17.6 Å². The Hall–Kier alpha value is -2.65. The molecule has 0 radical (unpaired) electrons. The number of aliphatic carboxylic acids is 1. The Balaban J connectivity index is 2.10. The predicted molar refractivity (Wildman–Crippen MR) is 77.5 cm³/mol. The average Bonchev–Trinajstić information content (AvgIpc) is 3.28. The van der Waals surface area contributed by atoms with E-state index in [0.717, 1.165) is 17.9 Å². The van der Waals surface area contributed by atoms with E-state index in [-0.39, 0.29) is 5.88 Å². The molecule has 1 aliphatic carbocycles. The number of ether oxygens (including phenoxy) is 1. The second kappa shape index (κ2) is 6.68. The Labute approximate surface area is 122 Å². The lowest BCUT2D eigenvalue weighted by atomic mass is 10.2. The molecule has 1 aromatic rings. The van der Waals surface area contributed by atoms with Crippen LogP contribution in [0.1, 0.15) is 24.8 Å². The first kappa shape index (κ1) is 14.8. The van der Waals surface area contributed by atoms with E-state index in [1.54, 1.807) is 18.2 Å². The summed E-state index contributed by atoms with van der Waals surface area (Å²) in [5.41, 5.74) is 7.79. The molecule has 6 N–H and O–H groups in total. The topological polar surface area (TPSA) is 111 Å². The van der Waals surface area contributed by atoms with Crippen molar-refractivity contribution in [2.75, 3.05) is 0 Å². The van der Waals surface area contributed by atoms with Gasteiger partial charge in [0.25, 0.3) is 0 Å². The number of rotatable bonds is 5. The summed E-state index contributed by atoms with van der Waals surface area (Å²) in [5.74, 6) is 11.0. The van der Waals surface area contributed by atoms with Crippen LogP contribution in [0, 0.1) is 17.8 Å². The van der Waals surface area contributed by atoms with Crippen LogP contribution in [0.4, 0.5) is 0 Å². The summed E-state index contributed by atoms with van der Waals surface area (Å²) < 4.78 is 5.34. The maximum atomic E-state index is 10.8. The van der Waals surface area contributed by atoms with Crippen molar-refractivity contribution in [1.29, 1.82) is 0 Å². The number of carbonyl (C=O) groups is 1. The molecule has 2 rings (SSSR count). The SMILES string of the molecule is NN/C(Oc1cccc(C#CCC2CC2)c1)=C(\N)C(=O)O. The van der Waals surface area contributed by atoms with Gasteiger partial charge < -0.3 is 15.6 Å². The maximum absolute atomic E-state index is 10.8. The van der Waals surface area contributed by atoms with Crippen LogP contribution in [-0.2, 0) is 4.79 Å². The number of carboxylic acid groups (broad SMARTS) is 1. The van der Waals surface area contributed by atoms with E-state index in [1.165, 1.54) is 12.8 Å². The fourth-order valence-electron chi connectivity index (χ4n) is 1.63. The molecular weight excluding hydrogens is 270 g/mol. The number of hydrogen-bond acceptors (Lipinski definition) is 5. The lowest BCUT2D eigenvalue weighted by Crippen LogP contribution is -2.31. The second-order valence-corrected chi connectivity index (χ2v) is 4.77. The summed E-state index contributed by atoms with van der Waals surface area (Å²) in [5, 5.41) is 8.81. The van der Waals surface area contributed by atoms with Gasteiger partial charge in [-0.2, -0.15) is 0 Å². The second-order valence-electron chi connectivity index (χ2n) is 4.77. The molecule has 0 amide bonds. The minimum absolute atomic E-state index is 0.217. The maximum Gasteiger partial charge on any atom is 0.357 e. The van der Waals surface area contributed by atoms with Gasteiger partial charge in [0.15, 0.2) is 5.70 Å². The van der Waals surface area contributed by atoms with Crippen LogP contribution in [0.15, 0.2) is 35.8 Å². The molecule has 0 heterocycles. The molecule has 6 nitrogen and oxygen atoms in total. The van der Waals surface area contributed by atoms with Crippen molar-refractivity contribution >= 4 is 5.97 Å². The average molecular weight is 287 g/mol. The van der Waals surface area contributed by atoms with E-state index in [1.807, 2.05) is 6.07 Å². The Morgan fingerprint density at radius 3 is 2.86 bits per heavy atom. The molecule has 6 heteroatoms. The highest BCUT2D eigenvalue weighted by Gasteiger charge is 2.19. The smallest absolute Gasteiger partial charge is 0.357 e. The van der Waals surface area contributed by atoms with E-state index in [2.05, 4.69) is 17.3 Å². The Bertz CT molecular complexity index is 625. The first-order valence-corrected chi connectivity index (χ1v) is 6.56. The molecule has 110 valence electrons. The summed E-state index contributed by atoms with van der Waals surface area (Å²) >= 11 is 0. The third-order valence-corrected chi connectivity index (χ3v) is 2.98. The largest absolute Gasteiger partial charge is 0.476 e. The van der Waals surface area contributed by atoms with Crippen molar-refractivity contribution in [3.05, 3.63) is 41.4 Å². The summed E-state index contributed by atoms with van der Waals surface area (Å²) in [7, 11) is 0. The molecule has 1 fully saturated rings. The van der Waals surface area contributed by atoms with E-state index >= 15 is 0 Å². The third-order valence-electron chi connectivity index (χ3n) is 2.98. The summed E-state index contributed by atoms with van der Waals surface area (Å²) in [4.78, 5) is 10.8. The van der Waals surface area contributed by atoms with Crippen molar-refractivity contribution in [2.45, 2.75) is 19.3 Å². The summed E-state index contributed by atoms with van der Waals surface area (Å²) in [6, 6.07) is 6.99. The van der Waals surface area contributed by atoms with Gasteiger partial charge in [0.2, 0.25) is 5.88 Å². The Kier molecular flexibility index (Phi) is 4.69. The van der Waals surface area contributed by atoms with Gasteiger partial charge >= 0.3 is 5.97 Å². The third kappa shape index (κ3) is 4.44. The van der Waals surface area contributed by atoms with E-state index in [9.17, 15) is 4.79 Å². The van der Waals surface area contributed by atoms with Crippen LogP contribution >= 0.6 is 0 Å². The lowest BCUT2D eigenvalue weighted by Gasteiger charge is -2.10. The van der Waals surface area contributed by atoms with Crippen molar-refractivity contribution in [2.24, 2.45) is 17.5 Å². The quantitative estimate of drug-likeness (QED) is 0.210. The Morgan fingerprint density at radius 2 is 2.24 bits per heavy atom. The zero-order valence-electron chi connectivity index (χ0n) is 11.4. The van der Waals surface area contributed by atoms with Gasteiger partial charge in [-0.3, -0.25) is 5.43 Å². The molecule has 0 atom stereocenters. The molecule has 1 aromatic carbocycles. The minimum Gasteiger partial charge on any atom is -0.476 e. The molecular formula is C15H17N3O3. The van der Waals surface area contributed by atoms with Crippen LogP contribution in [-0.4, -0.2) is 11.1 Å². The van der Waals surface area contributed by atoms with Gasteiger partial charge in [-0.05, 0) is 37.0 Å². The normalized spacial score (nSPS) is 14.5. The lowest BCUT2D eigenvalue weighted by molar-refractivity contribution is -0.132. The van der Waals surface area contributed by atoms with Crippen molar-refractivity contribution in [3.63, 3.8) is 0 Å². The van der Waals surface area contributed by atoms with Crippen LogP contribution in [0.5, 0.6) is 5.75 Å². The van der Waals surface area contributed by atoms with Gasteiger partial charge in [0.05, 0.1) is 0 Å². The minimum atomic E-state index is -1.32. The molecule has 0 spiro atoms.